The second-order valence-electron chi connectivity index (χ2n) is 14.6. The minimum atomic E-state index is 0.623. The van der Waals surface area contributed by atoms with Crippen molar-refractivity contribution >= 4 is 93.3 Å². The van der Waals surface area contributed by atoms with Crippen molar-refractivity contribution in [1.82, 2.24) is 14.5 Å². The van der Waals surface area contributed by atoms with Gasteiger partial charge in [0.2, 0.25) is 5.95 Å². The zero-order valence-corrected chi connectivity index (χ0v) is 30.7. The molecule has 57 heavy (non-hydrogen) atoms. The molecule has 266 valence electrons. The van der Waals surface area contributed by atoms with Crippen LogP contribution in [-0.4, -0.2) is 14.5 Å². The Balaban J connectivity index is 1.13. The fraction of sp³-hybridized carbons (Fsp3) is 0. The number of aromatic nitrogens is 3. The number of benzene rings is 9. The summed E-state index contributed by atoms with van der Waals surface area (Å²) in [4.78, 5) is 13.1. The third-order valence-corrected chi connectivity index (χ3v) is 11.3. The summed E-state index contributed by atoms with van der Waals surface area (Å²) >= 11 is 0. The molecule has 0 atom stereocenters. The molecule has 3 aromatic heterocycles. The summed E-state index contributed by atoms with van der Waals surface area (Å²) in [5.41, 5.74) is 9.84. The van der Waals surface area contributed by atoms with Gasteiger partial charge in [-0.05, 0) is 100 Å². The van der Waals surface area contributed by atoms with E-state index in [1.807, 2.05) is 0 Å². The molecular formula is C52H32N4O. The summed E-state index contributed by atoms with van der Waals surface area (Å²) in [5.74, 6) is 0.623. The van der Waals surface area contributed by atoms with E-state index < -0.39 is 0 Å². The molecular weight excluding hydrogens is 697 g/mol. The van der Waals surface area contributed by atoms with Crippen molar-refractivity contribution in [3.63, 3.8) is 0 Å². The van der Waals surface area contributed by atoms with Crippen molar-refractivity contribution in [2.24, 2.45) is 0 Å². The highest BCUT2D eigenvalue weighted by Gasteiger charge is 2.22. The molecule has 0 aliphatic carbocycles. The number of hydrogen-bond acceptors (Lipinski definition) is 4. The molecule has 5 heteroatoms. The molecule has 3 heterocycles. The fourth-order valence-electron chi connectivity index (χ4n) is 8.81. The third-order valence-electron chi connectivity index (χ3n) is 11.3. The largest absolute Gasteiger partial charge is 0.456 e. The number of para-hydroxylation sites is 3. The molecule has 12 rings (SSSR count). The third kappa shape index (κ3) is 4.89. The van der Waals surface area contributed by atoms with E-state index in [0.29, 0.717) is 5.95 Å². The van der Waals surface area contributed by atoms with Crippen LogP contribution in [0.2, 0.25) is 0 Å². The Hall–Kier alpha value is -7.76. The SMILES string of the molecule is c1ccc(N(c2ccccc2)c2ccc3c(c2)c2c4ccccc4ccc2n3-c2nc(-c3ccc4oc5ccc6ccccc6c5c4c3)c3ccccc3n2)cc1. The maximum Gasteiger partial charge on any atom is 0.235 e. The second kappa shape index (κ2) is 12.4. The Kier molecular flexibility index (Phi) is 6.86. The molecule has 0 bridgehead atoms. The van der Waals surface area contributed by atoms with E-state index in [9.17, 15) is 0 Å². The minimum absolute atomic E-state index is 0.623. The van der Waals surface area contributed by atoms with Gasteiger partial charge in [0.05, 0.1) is 22.2 Å². The minimum Gasteiger partial charge on any atom is -0.456 e. The van der Waals surface area contributed by atoms with Crippen LogP contribution in [0.25, 0.3) is 93.4 Å². The summed E-state index contributed by atoms with van der Waals surface area (Å²) in [7, 11) is 0. The number of nitrogens with zero attached hydrogens (tertiary/aromatic N) is 4. The first kappa shape index (κ1) is 31.6. The van der Waals surface area contributed by atoms with Gasteiger partial charge in [-0.1, -0.05) is 115 Å². The Morgan fingerprint density at radius 2 is 1.02 bits per heavy atom. The molecule has 0 amide bonds. The topological polar surface area (TPSA) is 47.1 Å². The van der Waals surface area contributed by atoms with Crippen LogP contribution in [-0.2, 0) is 0 Å². The van der Waals surface area contributed by atoms with E-state index in [-0.39, 0.29) is 0 Å². The van der Waals surface area contributed by atoms with Gasteiger partial charge in [0.15, 0.2) is 0 Å². The summed E-state index contributed by atoms with van der Waals surface area (Å²) in [6.07, 6.45) is 0. The first-order valence-electron chi connectivity index (χ1n) is 19.2. The maximum atomic E-state index is 6.40. The number of fused-ring (bicyclic) bond motifs is 11. The lowest BCUT2D eigenvalue weighted by Gasteiger charge is -2.25. The van der Waals surface area contributed by atoms with Gasteiger partial charge in [-0.25, -0.2) is 9.97 Å². The van der Waals surface area contributed by atoms with E-state index in [4.69, 9.17) is 14.4 Å². The summed E-state index contributed by atoms with van der Waals surface area (Å²) in [6, 6.07) is 68.4. The lowest BCUT2D eigenvalue weighted by Crippen LogP contribution is -2.09. The van der Waals surface area contributed by atoms with Gasteiger partial charge in [0.25, 0.3) is 0 Å². The van der Waals surface area contributed by atoms with Crippen LogP contribution < -0.4 is 4.90 Å². The Labute approximate surface area is 327 Å². The van der Waals surface area contributed by atoms with Crippen LogP contribution in [0.1, 0.15) is 0 Å². The first-order chi connectivity index (χ1) is 28.3. The van der Waals surface area contributed by atoms with Crippen molar-refractivity contribution < 1.29 is 4.42 Å². The zero-order valence-electron chi connectivity index (χ0n) is 30.7. The van der Waals surface area contributed by atoms with Gasteiger partial charge < -0.3 is 9.32 Å². The van der Waals surface area contributed by atoms with Crippen LogP contribution in [0.4, 0.5) is 17.1 Å². The predicted octanol–water partition coefficient (Wildman–Crippen LogP) is 14.1. The fourth-order valence-corrected chi connectivity index (χ4v) is 8.81. The monoisotopic (exact) mass is 728 g/mol. The normalized spacial score (nSPS) is 11.9. The van der Waals surface area contributed by atoms with Crippen molar-refractivity contribution in [2.45, 2.75) is 0 Å². The molecule has 0 saturated carbocycles. The molecule has 12 aromatic rings. The highest BCUT2D eigenvalue weighted by molar-refractivity contribution is 6.22. The Bertz CT molecular complexity index is 3490. The molecule has 0 spiro atoms. The standard InChI is InChI=1S/C52H32N4O/c1-3-15-36(16-4-1)55(37-17-5-2-6-18-37)38-26-28-45-42(32-38)49-39-19-9-7-13-33(39)23-27-46(49)56(45)52-53-44-22-12-11-21-41(44)51(54-52)35-25-29-47-43(31-35)50-40-20-10-8-14-34(40)24-30-48(50)57-47/h1-32H. The smallest absolute Gasteiger partial charge is 0.235 e. The highest BCUT2D eigenvalue weighted by atomic mass is 16.3. The lowest BCUT2D eigenvalue weighted by atomic mass is 10.0. The molecule has 0 N–H and O–H groups in total. The summed E-state index contributed by atoms with van der Waals surface area (Å²) in [6.45, 7) is 0. The van der Waals surface area contributed by atoms with Crippen LogP contribution in [0, 0.1) is 0 Å². The zero-order chi connectivity index (χ0) is 37.5. The van der Waals surface area contributed by atoms with Gasteiger partial charge in [-0.3, -0.25) is 4.57 Å². The number of hydrogen-bond donors (Lipinski definition) is 0. The van der Waals surface area contributed by atoms with E-state index in [0.717, 1.165) is 77.6 Å². The number of anilines is 3. The first-order valence-corrected chi connectivity index (χ1v) is 19.2. The van der Waals surface area contributed by atoms with Crippen molar-refractivity contribution in [3.05, 3.63) is 194 Å². The average Bonchev–Trinajstić information content (AvgIpc) is 3.82. The van der Waals surface area contributed by atoms with Crippen LogP contribution >= 0.6 is 0 Å². The average molecular weight is 729 g/mol. The predicted molar refractivity (Wildman–Crippen MR) is 236 cm³/mol. The van der Waals surface area contributed by atoms with E-state index in [2.05, 4.69) is 204 Å². The molecule has 0 fully saturated rings. The highest BCUT2D eigenvalue weighted by Crippen LogP contribution is 2.43. The van der Waals surface area contributed by atoms with Crippen LogP contribution in [0.15, 0.2) is 199 Å². The van der Waals surface area contributed by atoms with Crippen LogP contribution in [0.5, 0.6) is 0 Å². The lowest BCUT2D eigenvalue weighted by molar-refractivity contribution is 0.669. The van der Waals surface area contributed by atoms with Crippen molar-refractivity contribution in [3.8, 4) is 17.2 Å². The molecule has 0 radical (unpaired) electrons. The molecule has 0 saturated heterocycles. The molecule has 9 aromatic carbocycles. The van der Waals surface area contributed by atoms with Gasteiger partial charge in [0.1, 0.15) is 11.2 Å². The molecule has 0 unspecified atom stereocenters. The van der Waals surface area contributed by atoms with E-state index in [1.165, 1.54) is 26.9 Å². The Morgan fingerprint density at radius 3 is 1.77 bits per heavy atom. The molecule has 0 aliphatic heterocycles. The van der Waals surface area contributed by atoms with Gasteiger partial charge in [-0.15, -0.1) is 0 Å². The number of furan rings is 1. The summed E-state index contributed by atoms with van der Waals surface area (Å²) in [5, 5.41) is 10.2. The van der Waals surface area contributed by atoms with Gasteiger partial charge in [0, 0.05) is 49.6 Å². The summed E-state index contributed by atoms with van der Waals surface area (Å²) < 4.78 is 8.64. The van der Waals surface area contributed by atoms with Gasteiger partial charge in [-0.2, -0.15) is 0 Å². The van der Waals surface area contributed by atoms with Crippen LogP contribution in [0.3, 0.4) is 0 Å². The van der Waals surface area contributed by atoms with Crippen molar-refractivity contribution in [2.75, 3.05) is 4.90 Å². The van der Waals surface area contributed by atoms with Gasteiger partial charge >= 0.3 is 0 Å². The molecule has 5 nitrogen and oxygen atoms in total. The van der Waals surface area contributed by atoms with Crippen molar-refractivity contribution in [1.29, 1.82) is 0 Å². The maximum absolute atomic E-state index is 6.40. The van der Waals surface area contributed by atoms with E-state index >= 15 is 0 Å². The van der Waals surface area contributed by atoms with E-state index in [1.54, 1.807) is 0 Å². The Morgan fingerprint density at radius 1 is 0.404 bits per heavy atom. The quantitative estimate of drug-likeness (QED) is 0.177. The molecule has 0 aliphatic rings. The number of rotatable bonds is 5. The second-order valence-corrected chi connectivity index (χ2v) is 14.6.